The first-order valence-corrected chi connectivity index (χ1v) is 6.67. The summed E-state index contributed by atoms with van der Waals surface area (Å²) in [5.41, 5.74) is 0. The van der Waals surface area contributed by atoms with Crippen molar-refractivity contribution < 1.29 is 0 Å². The fourth-order valence-electron chi connectivity index (χ4n) is 3.07. The largest absolute Gasteiger partial charge is 0.303 e. The molecule has 82 valence electrons. The molecule has 3 aliphatic rings. The van der Waals surface area contributed by atoms with Crippen LogP contribution in [0, 0.1) is 5.92 Å². The van der Waals surface area contributed by atoms with Crippen molar-refractivity contribution in [1.82, 2.24) is 4.90 Å². The van der Waals surface area contributed by atoms with Crippen LogP contribution in [-0.4, -0.2) is 24.5 Å². The maximum absolute atomic E-state index is 2.71. The molecule has 0 saturated carbocycles. The van der Waals surface area contributed by atoms with Crippen LogP contribution < -0.4 is 0 Å². The van der Waals surface area contributed by atoms with Crippen molar-refractivity contribution in [3.8, 4) is 0 Å². The average Bonchev–Trinajstić information content (AvgIpc) is 2.25. The summed E-state index contributed by atoms with van der Waals surface area (Å²) in [4.78, 5) is 2.71. The van der Waals surface area contributed by atoms with E-state index in [0.717, 1.165) is 5.92 Å². The zero-order chi connectivity index (χ0) is 9.64. The van der Waals surface area contributed by atoms with Gasteiger partial charge in [0, 0.05) is 0 Å². The normalized spacial score (nSPS) is 36.0. The summed E-state index contributed by atoms with van der Waals surface area (Å²) >= 11 is 0. The van der Waals surface area contributed by atoms with Crippen LogP contribution in [0.4, 0.5) is 0 Å². The molecule has 3 aliphatic heterocycles. The average molecular weight is 195 g/mol. The van der Waals surface area contributed by atoms with Crippen LogP contribution in [0.1, 0.15) is 57.8 Å². The van der Waals surface area contributed by atoms with Crippen LogP contribution >= 0.6 is 0 Å². The predicted octanol–water partition coefficient (Wildman–Crippen LogP) is 3.44. The molecule has 0 aromatic heterocycles. The zero-order valence-corrected chi connectivity index (χ0v) is 9.51. The van der Waals surface area contributed by atoms with Gasteiger partial charge in [0.2, 0.25) is 0 Å². The van der Waals surface area contributed by atoms with Gasteiger partial charge in [-0.25, -0.2) is 0 Å². The SMILES string of the molecule is C1CCN2CCCCC(C1)CCCC2. The third-order valence-electron chi connectivity index (χ3n) is 4.01. The number of rotatable bonds is 0. The molecule has 1 heteroatoms. The molecule has 0 atom stereocenters. The molecule has 3 saturated heterocycles. The Morgan fingerprint density at radius 3 is 1.43 bits per heavy atom. The molecule has 0 amide bonds. The maximum Gasteiger partial charge on any atom is -0.00187 e. The second-order valence-electron chi connectivity index (χ2n) is 5.20. The first kappa shape index (κ1) is 10.5. The highest BCUT2D eigenvalue weighted by Crippen LogP contribution is 2.25. The van der Waals surface area contributed by atoms with Crippen molar-refractivity contribution in [2.45, 2.75) is 57.8 Å². The molecule has 1 nitrogen and oxygen atoms in total. The fraction of sp³-hybridized carbons (Fsp3) is 1.00. The fourth-order valence-corrected chi connectivity index (χ4v) is 3.07. The quantitative estimate of drug-likeness (QED) is 0.572. The molecule has 3 fully saturated rings. The van der Waals surface area contributed by atoms with Crippen molar-refractivity contribution in [2.75, 3.05) is 19.6 Å². The van der Waals surface area contributed by atoms with Crippen molar-refractivity contribution >= 4 is 0 Å². The van der Waals surface area contributed by atoms with Crippen molar-refractivity contribution in [3.05, 3.63) is 0 Å². The molecule has 0 radical (unpaired) electrons. The summed E-state index contributed by atoms with van der Waals surface area (Å²) in [5.74, 6) is 1.08. The molecule has 0 N–H and O–H groups in total. The lowest BCUT2D eigenvalue weighted by atomic mass is 9.89. The van der Waals surface area contributed by atoms with Gasteiger partial charge in [-0.2, -0.15) is 0 Å². The first-order valence-electron chi connectivity index (χ1n) is 6.67. The third-order valence-corrected chi connectivity index (χ3v) is 4.01. The summed E-state index contributed by atoms with van der Waals surface area (Å²) in [6, 6.07) is 0. The second-order valence-corrected chi connectivity index (χ2v) is 5.20. The third kappa shape index (κ3) is 3.27. The van der Waals surface area contributed by atoms with Crippen molar-refractivity contribution in [3.63, 3.8) is 0 Å². The summed E-state index contributed by atoms with van der Waals surface area (Å²) in [5, 5.41) is 0. The van der Waals surface area contributed by atoms with Crippen molar-refractivity contribution in [1.29, 1.82) is 0 Å². The standard InChI is InChI=1S/C13H25N/c1-4-10-14-11-5-2-8-13(7-1)9-3-6-12-14/h13H,1-12H2. The van der Waals surface area contributed by atoms with E-state index >= 15 is 0 Å². The minimum Gasteiger partial charge on any atom is -0.303 e. The smallest absolute Gasteiger partial charge is 0.00187 e. The van der Waals surface area contributed by atoms with E-state index < -0.39 is 0 Å². The van der Waals surface area contributed by atoms with Crippen LogP contribution in [0.25, 0.3) is 0 Å². The van der Waals surface area contributed by atoms with E-state index in [0.29, 0.717) is 0 Å². The molecular weight excluding hydrogens is 170 g/mol. The van der Waals surface area contributed by atoms with Gasteiger partial charge >= 0.3 is 0 Å². The zero-order valence-electron chi connectivity index (χ0n) is 9.51. The number of fused-ring (bicyclic) bond motifs is 9. The van der Waals surface area contributed by atoms with Gasteiger partial charge in [0.25, 0.3) is 0 Å². The molecule has 0 unspecified atom stereocenters. The Morgan fingerprint density at radius 1 is 0.571 bits per heavy atom. The monoisotopic (exact) mass is 195 g/mol. The van der Waals surface area contributed by atoms with Gasteiger partial charge < -0.3 is 4.90 Å². The molecule has 3 rings (SSSR count). The lowest BCUT2D eigenvalue weighted by molar-refractivity contribution is 0.219. The first-order chi connectivity index (χ1) is 6.95. The highest BCUT2D eigenvalue weighted by molar-refractivity contribution is 4.69. The lowest BCUT2D eigenvalue weighted by Crippen LogP contribution is -2.29. The van der Waals surface area contributed by atoms with Gasteiger partial charge in [-0.15, -0.1) is 0 Å². The molecular formula is C13H25N. The van der Waals surface area contributed by atoms with Gasteiger partial charge in [-0.1, -0.05) is 38.5 Å². The molecule has 0 spiro atoms. The summed E-state index contributed by atoms with van der Waals surface area (Å²) in [6.07, 6.45) is 13.4. The highest BCUT2D eigenvalue weighted by Gasteiger charge is 2.14. The van der Waals surface area contributed by atoms with Crippen LogP contribution in [0.2, 0.25) is 0 Å². The topological polar surface area (TPSA) is 3.24 Å². The van der Waals surface area contributed by atoms with Crippen LogP contribution in [0.5, 0.6) is 0 Å². The van der Waals surface area contributed by atoms with Crippen LogP contribution in [0.15, 0.2) is 0 Å². The second kappa shape index (κ2) is 5.75. The lowest BCUT2D eigenvalue weighted by Gasteiger charge is -2.28. The van der Waals surface area contributed by atoms with Gasteiger partial charge in [-0.05, 0) is 44.8 Å². The molecule has 14 heavy (non-hydrogen) atoms. The Morgan fingerprint density at radius 2 is 1.00 bits per heavy atom. The molecule has 2 bridgehead atoms. The Kier molecular flexibility index (Phi) is 4.30. The number of hydrogen-bond donors (Lipinski definition) is 0. The van der Waals surface area contributed by atoms with E-state index in [1.54, 1.807) is 0 Å². The Hall–Kier alpha value is -0.0400. The van der Waals surface area contributed by atoms with E-state index in [4.69, 9.17) is 0 Å². The van der Waals surface area contributed by atoms with E-state index in [2.05, 4.69) is 4.90 Å². The van der Waals surface area contributed by atoms with E-state index in [1.165, 1.54) is 77.4 Å². The molecule has 0 aromatic carbocycles. The summed E-state index contributed by atoms with van der Waals surface area (Å²) in [6.45, 7) is 4.14. The minimum atomic E-state index is 1.08. The van der Waals surface area contributed by atoms with Gasteiger partial charge in [0.05, 0.1) is 0 Å². The van der Waals surface area contributed by atoms with E-state index in [-0.39, 0.29) is 0 Å². The van der Waals surface area contributed by atoms with E-state index in [9.17, 15) is 0 Å². The number of nitrogens with zero attached hydrogens (tertiary/aromatic N) is 1. The molecule has 0 aromatic rings. The molecule has 3 heterocycles. The predicted molar refractivity (Wildman–Crippen MR) is 61.5 cm³/mol. The number of hydrogen-bond acceptors (Lipinski definition) is 1. The van der Waals surface area contributed by atoms with Gasteiger partial charge in [0.1, 0.15) is 0 Å². The van der Waals surface area contributed by atoms with Crippen LogP contribution in [-0.2, 0) is 0 Å². The Bertz CT molecular complexity index is 109. The van der Waals surface area contributed by atoms with Gasteiger partial charge in [0.15, 0.2) is 0 Å². The maximum atomic E-state index is 2.71. The van der Waals surface area contributed by atoms with Crippen molar-refractivity contribution in [2.24, 2.45) is 5.92 Å². The van der Waals surface area contributed by atoms with Gasteiger partial charge in [-0.3, -0.25) is 0 Å². The Labute approximate surface area is 88.9 Å². The summed E-state index contributed by atoms with van der Waals surface area (Å²) < 4.78 is 0. The minimum absolute atomic E-state index is 1.08. The van der Waals surface area contributed by atoms with Crippen LogP contribution in [0.3, 0.4) is 0 Å². The highest BCUT2D eigenvalue weighted by atomic mass is 15.1. The summed E-state index contributed by atoms with van der Waals surface area (Å²) in [7, 11) is 0. The van der Waals surface area contributed by atoms with E-state index in [1.807, 2.05) is 0 Å². The molecule has 0 aliphatic carbocycles. The Balaban J connectivity index is 1.93.